The third-order valence-corrected chi connectivity index (χ3v) is 8.58. The Bertz CT molecular complexity index is 1350. The van der Waals surface area contributed by atoms with E-state index in [1.807, 2.05) is 0 Å². The molecule has 3 aromatic carbocycles. The number of fused-ring (bicyclic) bond motifs is 1. The van der Waals surface area contributed by atoms with Crippen LogP contribution in [0.4, 0.5) is 11.4 Å². The van der Waals surface area contributed by atoms with Crippen molar-refractivity contribution in [2.24, 2.45) is 0 Å². The summed E-state index contributed by atoms with van der Waals surface area (Å²) in [5.41, 5.74) is 2.39. The number of benzene rings is 3. The normalized spacial score (nSPS) is 14.0. The lowest BCUT2D eigenvalue weighted by molar-refractivity contribution is 0.402. The molecule has 168 valence electrons. The second kappa shape index (κ2) is 8.48. The van der Waals surface area contributed by atoms with Crippen molar-refractivity contribution in [1.29, 1.82) is 0 Å². The highest BCUT2D eigenvalue weighted by Crippen LogP contribution is 2.35. The van der Waals surface area contributed by atoms with E-state index in [9.17, 15) is 16.8 Å². The summed E-state index contributed by atoms with van der Waals surface area (Å²) in [6.07, 6.45) is 1.40. The highest BCUT2D eigenvalue weighted by atomic mass is 32.2. The van der Waals surface area contributed by atoms with Gasteiger partial charge in [-0.25, -0.2) is 16.8 Å². The maximum absolute atomic E-state index is 13.3. The molecule has 0 bridgehead atoms. The van der Waals surface area contributed by atoms with Crippen molar-refractivity contribution in [2.75, 3.05) is 22.7 Å². The van der Waals surface area contributed by atoms with E-state index in [-0.39, 0.29) is 21.2 Å². The van der Waals surface area contributed by atoms with E-state index in [4.69, 9.17) is 4.74 Å². The van der Waals surface area contributed by atoms with E-state index in [2.05, 4.69) is 4.72 Å². The van der Waals surface area contributed by atoms with Gasteiger partial charge in [0.05, 0.1) is 23.4 Å². The molecule has 1 aliphatic rings. The maximum atomic E-state index is 13.3. The van der Waals surface area contributed by atoms with Crippen LogP contribution in [0.3, 0.4) is 0 Å². The molecule has 0 fully saturated rings. The van der Waals surface area contributed by atoms with E-state index in [1.54, 1.807) is 67.6 Å². The van der Waals surface area contributed by atoms with E-state index in [0.717, 1.165) is 17.5 Å². The van der Waals surface area contributed by atoms with Crippen LogP contribution in [0.15, 0.2) is 76.5 Å². The zero-order chi connectivity index (χ0) is 22.9. The number of nitrogens with zero attached hydrogens (tertiary/aromatic N) is 1. The third kappa shape index (κ3) is 4.18. The topological polar surface area (TPSA) is 92.8 Å². The van der Waals surface area contributed by atoms with Gasteiger partial charge in [0.25, 0.3) is 20.0 Å². The Balaban J connectivity index is 1.73. The standard InChI is InChI=1S/C23H24N2O5S2/c1-17-10-13-22(30-2)23(15-17)31(26,27)24-19-12-11-18-7-6-14-25(21(18)16-19)32(28,29)20-8-4-3-5-9-20/h3-5,8-13,15-16,24H,6-7,14H2,1-2H3. The molecule has 0 unspecified atom stereocenters. The lowest BCUT2D eigenvalue weighted by Gasteiger charge is -2.31. The first kappa shape index (κ1) is 22.2. The molecular weight excluding hydrogens is 448 g/mol. The number of anilines is 2. The van der Waals surface area contributed by atoms with Gasteiger partial charge in [0.15, 0.2) is 0 Å². The first-order chi connectivity index (χ1) is 15.2. The molecule has 0 spiro atoms. The van der Waals surface area contributed by atoms with Crippen LogP contribution in [0.25, 0.3) is 0 Å². The second-order valence-corrected chi connectivity index (χ2v) is 11.1. The molecule has 3 aromatic rings. The predicted octanol–water partition coefficient (Wildman–Crippen LogP) is 3.95. The Kier molecular flexibility index (Phi) is 5.87. The minimum absolute atomic E-state index is 0.0199. The van der Waals surface area contributed by atoms with Crippen LogP contribution >= 0.6 is 0 Å². The zero-order valence-corrected chi connectivity index (χ0v) is 19.4. The van der Waals surface area contributed by atoms with Gasteiger partial charge in [0.1, 0.15) is 10.6 Å². The van der Waals surface area contributed by atoms with Gasteiger partial charge in [-0.05, 0) is 67.3 Å². The molecule has 0 saturated heterocycles. The summed E-state index contributed by atoms with van der Waals surface area (Å²) in [7, 11) is -6.31. The molecule has 0 aliphatic carbocycles. The van der Waals surface area contributed by atoms with Crippen LogP contribution in [-0.2, 0) is 26.5 Å². The number of aryl methyl sites for hydroxylation is 2. The first-order valence-electron chi connectivity index (χ1n) is 10.1. The fourth-order valence-electron chi connectivity index (χ4n) is 3.78. The van der Waals surface area contributed by atoms with Crippen molar-refractivity contribution < 1.29 is 21.6 Å². The quantitative estimate of drug-likeness (QED) is 0.587. The van der Waals surface area contributed by atoms with Gasteiger partial charge in [-0.15, -0.1) is 0 Å². The Morgan fingerprint density at radius 1 is 0.938 bits per heavy atom. The second-order valence-electron chi connectivity index (χ2n) is 7.60. The number of hydrogen-bond donors (Lipinski definition) is 1. The molecule has 1 heterocycles. The summed E-state index contributed by atoms with van der Waals surface area (Å²) in [5.74, 6) is 0.231. The molecule has 0 amide bonds. The highest BCUT2D eigenvalue weighted by Gasteiger charge is 2.30. The van der Waals surface area contributed by atoms with E-state index < -0.39 is 20.0 Å². The number of methoxy groups -OCH3 is 1. The Labute approximate surface area is 188 Å². The third-order valence-electron chi connectivity index (χ3n) is 5.35. The molecular formula is C23H24N2O5S2. The van der Waals surface area contributed by atoms with Crippen molar-refractivity contribution in [3.8, 4) is 5.75 Å². The van der Waals surface area contributed by atoms with Gasteiger partial charge < -0.3 is 4.74 Å². The van der Waals surface area contributed by atoms with Crippen LogP contribution in [-0.4, -0.2) is 30.5 Å². The number of nitrogens with one attached hydrogen (secondary N) is 1. The fraction of sp³-hybridized carbons (Fsp3) is 0.217. The lowest BCUT2D eigenvalue weighted by Crippen LogP contribution is -2.35. The van der Waals surface area contributed by atoms with Gasteiger partial charge >= 0.3 is 0 Å². The van der Waals surface area contributed by atoms with Gasteiger partial charge in [0.2, 0.25) is 0 Å². The van der Waals surface area contributed by atoms with Crippen LogP contribution in [0, 0.1) is 6.92 Å². The van der Waals surface area contributed by atoms with E-state index in [0.29, 0.717) is 18.7 Å². The average molecular weight is 473 g/mol. The van der Waals surface area contributed by atoms with Gasteiger partial charge in [-0.3, -0.25) is 9.03 Å². The SMILES string of the molecule is COc1ccc(C)cc1S(=O)(=O)Nc1ccc2c(c1)N(S(=O)(=O)c1ccccc1)CCC2. The van der Waals surface area contributed by atoms with Crippen LogP contribution in [0.1, 0.15) is 17.5 Å². The summed E-state index contributed by atoms with van der Waals surface area (Å²) in [6, 6.07) is 18.1. The van der Waals surface area contributed by atoms with Crippen LogP contribution in [0.2, 0.25) is 0 Å². The summed E-state index contributed by atoms with van der Waals surface area (Å²) >= 11 is 0. The van der Waals surface area contributed by atoms with Gasteiger partial charge in [-0.2, -0.15) is 0 Å². The molecule has 1 N–H and O–H groups in total. The summed E-state index contributed by atoms with van der Waals surface area (Å²) in [4.78, 5) is 0.217. The smallest absolute Gasteiger partial charge is 0.265 e. The molecule has 4 rings (SSSR count). The molecule has 7 nitrogen and oxygen atoms in total. The van der Waals surface area contributed by atoms with Crippen molar-refractivity contribution >= 4 is 31.4 Å². The van der Waals surface area contributed by atoms with Crippen LogP contribution in [0.5, 0.6) is 5.75 Å². The number of rotatable bonds is 6. The van der Waals surface area contributed by atoms with Crippen molar-refractivity contribution in [3.63, 3.8) is 0 Å². The largest absolute Gasteiger partial charge is 0.495 e. The molecule has 0 aromatic heterocycles. The van der Waals surface area contributed by atoms with E-state index in [1.165, 1.54) is 17.5 Å². The first-order valence-corrected chi connectivity index (χ1v) is 13.0. The Morgan fingerprint density at radius 3 is 2.41 bits per heavy atom. The minimum atomic E-state index is -3.95. The highest BCUT2D eigenvalue weighted by molar-refractivity contribution is 7.93. The fourth-order valence-corrected chi connectivity index (χ4v) is 6.64. The predicted molar refractivity (Wildman–Crippen MR) is 124 cm³/mol. The molecule has 32 heavy (non-hydrogen) atoms. The van der Waals surface area contributed by atoms with Crippen molar-refractivity contribution in [2.45, 2.75) is 29.6 Å². The minimum Gasteiger partial charge on any atom is -0.495 e. The molecule has 1 aliphatic heterocycles. The summed E-state index contributed by atoms with van der Waals surface area (Å²) in [5, 5.41) is 0. The maximum Gasteiger partial charge on any atom is 0.265 e. The van der Waals surface area contributed by atoms with Crippen molar-refractivity contribution in [3.05, 3.63) is 77.9 Å². The average Bonchev–Trinajstić information content (AvgIpc) is 2.79. The number of ether oxygens (including phenoxy) is 1. The molecule has 0 saturated carbocycles. The monoisotopic (exact) mass is 472 g/mol. The molecule has 0 atom stereocenters. The van der Waals surface area contributed by atoms with Crippen LogP contribution < -0.4 is 13.8 Å². The van der Waals surface area contributed by atoms with E-state index >= 15 is 0 Å². The lowest BCUT2D eigenvalue weighted by atomic mass is 10.0. The Hall–Kier alpha value is -3.04. The molecule has 9 heteroatoms. The zero-order valence-electron chi connectivity index (χ0n) is 17.8. The van der Waals surface area contributed by atoms with Gasteiger partial charge in [-0.1, -0.05) is 30.3 Å². The van der Waals surface area contributed by atoms with Gasteiger partial charge in [0, 0.05) is 6.54 Å². The number of sulfonamides is 2. The van der Waals surface area contributed by atoms with Crippen molar-refractivity contribution in [1.82, 2.24) is 0 Å². The summed E-state index contributed by atoms with van der Waals surface area (Å²) < 4.78 is 61.8. The Morgan fingerprint density at radius 2 is 1.69 bits per heavy atom. The molecule has 0 radical (unpaired) electrons. The summed E-state index contributed by atoms with van der Waals surface area (Å²) in [6.45, 7) is 2.12. The number of hydrogen-bond acceptors (Lipinski definition) is 5.